The van der Waals surface area contributed by atoms with Crippen molar-refractivity contribution in [2.24, 2.45) is 0 Å². The van der Waals surface area contributed by atoms with Gasteiger partial charge in [0.1, 0.15) is 11.6 Å². The highest BCUT2D eigenvalue weighted by molar-refractivity contribution is 6.04. The van der Waals surface area contributed by atoms with Crippen LogP contribution in [0.5, 0.6) is 0 Å². The molecule has 3 heterocycles. The van der Waals surface area contributed by atoms with Crippen LogP contribution in [-0.4, -0.2) is 38.7 Å². The summed E-state index contributed by atoms with van der Waals surface area (Å²) in [5.41, 5.74) is 1.04. The summed E-state index contributed by atoms with van der Waals surface area (Å²) in [5.74, 6) is 1.22. The molecule has 0 atom stereocenters. The zero-order valence-corrected chi connectivity index (χ0v) is 16.2. The minimum absolute atomic E-state index is 0.233. The number of aliphatic hydroxyl groups is 1. The highest BCUT2D eigenvalue weighted by atomic mass is 16.3. The molecule has 0 unspecified atom stereocenters. The number of fused-ring (bicyclic) bond motifs is 1. The number of hydrogen-bond donors (Lipinski definition) is 2. The molecule has 2 N–H and O–H groups in total. The second-order valence-corrected chi connectivity index (χ2v) is 7.74. The lowest BCUT2D eigenvalue weighted by Gasteiger charge is -2.29. The molecule has 0 aliphatic carbocycles. The van der Waals surface area contributed by atoms with Crippen LogP contribution in [0.3, 0.4) is 0 Å². The van der Waals surface area contributed by atoms with Crippen molar-refractivity contribution in [3.05, 3.63) is 53.7 Å². The smallest absolute Gasteiger partial charge is 0.256 e. The fourth-order valence-electron chi connectivity index (χ4n) is 3.53. The van der Waals surface area contributed by atoms with Gasteiger partial charge in [-0.3, -0.25) is 4.79 Å². The van der Waals surface area contributed by atoms with Gasteiger partial charge in [0, 0.05) is 30.8 Å². The van der Waals surface area contributed by atoms with Gasteiger partial charge in [0.2, 0.25) is 0 Å². The Morgan fingerprint density at radius 2 is 1.82 bits per heavy atom. The lowest BCUT2D eigenvalue weighted by molar-refractivity contribution is 0.0785. The van der Waals surface area contributed by atoms with Crippen LogP contribution in [0, 0.1) is 0 Å². The Labute approximate surface area is 164 Å². The van der Waals surface area contributed by atoms with Crippen molar-refractivity contribution >= 4 is 23.2 Å². The third kappa shape index (κ3) is 3.71. The molecule has 1 saturated heterocycles. The number of aromatic nitrogens is 3. The molecule has 1 aromatic carbocycles. The van der Waals surface area contributed by atoms with Crippen LogP contribution in [0.1, 0.15) is 49.0 Å². The van der Waals surface area contributed by atoms with E-state index < -0.39 is 5.60 Å². The normalized spacial score (nSPS) is 15.0. The first-order valence-corrected chi connectivity index (χ1v) is 9.66. The Balaban J connectivity index is 1.59. The molecule has 28 heavy (non-hydrogen) atoms. The molecule has 3 aromatic rings. The van der Waals surface area contributed by atoms with Crippen molar-refractivity contribution in [2.75, 3.05) is 23.3 Å². The summed E-state index contributed by atoms with van der Waals surface area (Å²) in [6.07, 6.45) is 5.27. The number of nitrogens with one attached hydrogen (secondary N) is 1. The zero-order chi connectivity index (χ0) is 19.7. The number of anilines is 2. The van der Waals surface area contributed by atoms with Gasteiger partial charge >= 0.3 is 0 Å². The first-order chi connectivity index (χ1) is 13.4. The second-order valence-electron chi connectivity index (χ2n) is 7.74. The van der Waals surface area contributed by atoms with Gasteiger partial charge in [-0.1, -0.05) is 12.1 Å². The average molecular weight is 379 g/mol. The topological polar surface area (TPSA) is 82.8 Å². The van der Waals surface area contributed by atoms with E-state index in [2.05, 4.69) is 20.3 Å². The first-order valence-electron chi connectivity index (χ1n) is 9.66. The SMILES string of the molecule is CC(C)(O)c1ccc(C(=O)Nc2cc(N3CCCCC3)n3nccc3n2)cc1. The number of amides is 1. The Hall–Kier alpha value is -2.93. The van der Waals surface area contributed by atoms with Crippen molar-refractivity contribution in [3.63, 3.8) is 0 Å². The monoisotopic (exact) mass is 379 g/mol. The molecule has 0 saturated carbocycles. The van der Waals surface area contributed by atoms with E-state index in [4.69, 9.17) is 0 Å². The predicted molar refractivity (Wildman–Crippen MR) is 109 cm³/mol. The summed E-state index contributed by atoms with van der Waals surface area (Å²) in [7, 11) is 0. The minimum Gasteiger partial charge on any atom is -0.386 e. The molecule has 1 aliphatic heterocycles. The molecule has 7 heteroatoms. The highest BCUT2D eigenvalue weighted by Gasteiger charge is 2.19. The zero-order valence-electron chi connectivity index (χ0n) is 16.2. The molecule has 0 bridgehead atoms. The molecule has 1 aliphatic rings. The van der Waals surface area contributed by atoms with Gasteiger partial charge in [0.25, 0.3) is 5.91 Å². The average Bonchev–Trinajstić information content (AvgIpc) is 3.16. The number of nitrogens with zero attached hydrogens (tertiary/aromatic N) is 4. The number of hydrogen-bond acceptors (Lipinski definition) is 5. The van der Waals surface area contributed by atoms with Crippen LogP contribution in [0.4, 0.5) is 11.6 Å². The third-order valence-electron chi connectivity index (χ3n) is 5.12. The maximum Gasteiger partial charge on any atom is 0.256 e. The van der Waals surface area contributed by atoms with Crippen molar-refractivity contribution in [1.82, 2.24) is 14.6 Å². The maximum atomic E-state index is 12.7. The van der Waals surface area contributed by atoms with E-state index in [9.17, 15) is 9.90 Å². The minimum atomic E-state index is -0.938. The number of piperidine rings is 1. The summed E-state index contributed by atoms with van der Waals surface area (Å²) in [5, 5.41) is 17.3. The Morgan fingerprint density at radius 1 is 1.11 bits per heavy atom. The molecule has 4 rings (SSSR count). The largest absolute Gasteiger partial charge is 0.386 e. The summed E-state index contributed by atoms with van der Waals surface area (Å²) in [6, 6.07) is 10.7. The Kier molecular flexibility index (Phi) is 4.77. The third-order valence-corrected chi connectivity index (χ3v) is 5.12. The van der Waals surface area contributed by atoms with Crippen molar-refractivity contribution in [1.29, 1.82) is 0 Å². The van der Waals surface area contributed by atoms with E-state index in [0.29, 0.717) is 17.0 Å². The van der Waals surface area contributed by atoms with Gasteiger partial charge in [-0.25, -0.2) is 4.98 Å². The van der Waals surface area contributed by atoms with Crippen LogP contribution in [0.2, 0.25) is 0 Å². The summed E-state index contributed by atoms with van der Waals surface area (Å²) < 4.78 is 1.82. The summed E-state index contributed by atoms with van der Waals surface area (Å²) >= 11 is 0. The van der Waals surface area contributed by atoms with Crippen molar-refractivity contribution in [2.45, 2.75) is 38.7 Å². The Bertz CT molecular complexity index is 982. The maximum absolute atomic E-state index is 12.7. The second kappa shape index (κ2) is 7.24. The van der Waals surface area contributed by atoms with Crippen LogP contribution in [-0.2, 0) is 5.60 Å². The fraction of sp³-hybridized carbons (Fsp3) is 0.381. The molecule has 0 radical (unpaired) electrons. The molecular formula is C21H25N5O2. The molecule has 1 fully saturated rings. The van der Waals surface area contributed by atoms with Gasteiger partial charge in [-0.15, -0.1) is 0 Å². The van der Waals surface area contributed by atoms with Gasteiger partial charge in [-0.2, -0.15) is 9.61 Å². The fourth-order valence-corrected chi connectivity index (χ4v) is 3.53. The molecule has 2 aromatic heterocycles. The summed E-state index contributed by atoms with van der Waals surface area (Å²) in [6.45, 7) is 5.39. The molecule has 7 nitrogen and oxygen atoms in total. The van der Waals surface area contributed by atoms with E-state index >= 15 is 0 Å². The van der Waals surface area contributed by atoms with Gasteiger partial charge in [0.15, 0.2) is 5.65 Å². The molecule has 0 spiro atoms. The van der Waals surface area contributed by atoms with Crippen LogP contribution in [0.25, 0.3) is 5.65 Å². The van der Waals surface area contributed by atoms with E-state index in [1.54, 1.807) is 44.3 Å². The predicted octanol–water partition coefficient (Wildman–Crippen LogP) is 3.20. The highest BCUT2D eigenvalue weighted by Crippen LogP contribution is 2.24. The van der Waals surface area contributed by atoms with Crippen LogP contribution < -0.4 is 10.2 Å². The van der Waals surface area contributed by atoms with E-state index in [1.807, 2.05) is 16.6 Å². The van der Waals surface area contributed by atoms with Crippen molar-refractivity contribution in [3.8, 4) is 0 Å². The van der Waals surface area contributed by atoms with Crippen LogP contribution >= 0.6 is 0 Å². The number of rotatable bonds is 4. The number of carbonyl (C=O) groups is 1. The number of benzene rings is 1. The van der Waals surface area contributed by atoms with Gasteiger partial charge < -0.3 is 15.3 Å². The quantitative estimate of drug-likeness (QED) is 0.727. The van der Waals surface area contributed by atoms with E-state index in [-0.39, 0.29) is 5.91 Å². The van der Waals surface area contributed by atoms with Crippen molar-refractivity contribution < 1.29 is 9.90 Å². The van der Waals surface area contributed by atoms with Gasteiger partial charge in [0.05, 0.1) is 11.8 Å². The van der Waals surface area contributed by atoms with Crippen LogP contribution in [0.15, 0.2) is 42.6 Å². The Morgan fingerprint density at radius 3 is 2.50 bits per heavy atom. The molecule has 1 amide bonds. The van der Waals surface area contributed by atoms with E-state index in [1.165, 1.54) is 6.42 Å². The molecule has 146 valence electrons. The van der Waals surface area contributed by atoms with E-state index in [0.717, 1.165) is 37.3 Å². The molecular weight excluding hydrogens is 354 g/mol. The lowest BCUT2D eigenvalue weighted by atomic mass is 9.97. The van der Waals surface area contributed by atoms with Gasteiger partial charge in [-0.05, 0) is 50.8 Å². The summed E-state index contributed by atoms with van der Waals surface area (Å²) in [4.78, 5) is 19.5. The number of carbonyl (C=O) groups excluding carboxylic acids is 1. The standard InChI is InChI=1S/C21H25N5O2/c1-21(2,28)16-8-6-15(7-9-16)20(27)24-17-14-19(25-12-4-3-5-13-25)26-18(23-17)10-11-22-26/h6-11,14,28H,3-5,12-13H2,1-2H3,(H,23,24,27). The lowest BCUT2D eigenvalue weighted by Crippen LogP contribution is -2.31. The first kappa shape index (κ1) is 18.4.